The molecule has 0 aromatic heterocycles. The molecule has 0 heterocycles. The molecular weight excluding hydrogens is 264 g/mol. The van der Waals surface area contributed by atoms with Crippen molar-refractivity contribution in [2.45, 2.75) is 24.8 Å². The van der Waals surface area contributed by atoms with Gasteiger partial charge in [-0.1, -0.05) is 30.3 Å². The third kappa shape index (κ3) is 4.86. The van der Waals surface area contributed by atoms with E-state index in [-0.39, 0.29) is 6.42 Å². The number of carbonyl (C=O) groups excluding carboxylic acids is 1. The number of nitrogens with two attached hydrogens (primary N) is 1. The summed E-state index contributed by atoms with van der Waals surface area (Å²) in [7, 11) is 0. The van der Waals surface area contributed by atoms with Gasteiger partial charge in [0, 0.05) is 0 Å². The van der Waals surface area contributed by atoms with Gasteiger partial charge in [-0.25, -0.2) is 8.78 Å². The van der Waals surface area contributed by atoms with Crippen molar-refractivity contribution in [3.8, 4) is 0 Å². The summed E-state index contributed by atoms with van der Waals surface area (Å²) in [5, 5.41) is 1.73. The predicted molar refractivity (Wildman–Crippen MR) is 62.1 cm³/mol. The van der Waals surface area contributed by atoms with E-state index in [1.165, 1.54) is 0 Å². The van der Waals surface area contributed by atoms with E-state index in [1.54, 1.807) is 35.6 Å². The molecule has 0 bridgehead atoms. The smallest absolute Gasteiger partial charge is 0.324 e. The van der Waals surface area contributed by atoms with Crippen LogP contribution in [0.15, 0.2) is 30.3 Å². The van der Waals surface area contributed by atoms with Gasteiger partial charge in [-0.3, -0.25) is 4.79 Å². The summed E-state index contributed by atoms with van der Waals surface area (Å²) < 4.78 is 48.9. The third-order valence-corrected chi connectivity index (χ3v) is 2.45. The Hall–Kier alpha value is -1.63. The van der Waals surface area contributed by atoms with Crippen LogP contribution in [0.5, 0.6) is 0 Å². The Morgan fingerprint density at radius 2 is 1.84 bits per heavy atom. The summed E-state index contributed by atoms with van der Waals surface area (Å²) in [5.41, 5.74) is 6.27. The Bertz CT molecular complexity index is 411. The van der Waals surface area contributed by atoms with Gasteiger partial charge in [0.2, 0.25) is 5.91 Å². The van der Waals surface area contributed by atoms with E-state index in [4.69, 9.17) is 5.73 Å². The van der Waals surface area contributed by atoms with Crippen LogP contribution >= 0.6 is 0 Å². The molecule has 0 fully saturated rings. The maximum absolute atomic E-state index is 12.6. The van der Waals surface area contributed by atoms with Crippen molar-refractivity contribution in [1.29, 1.82) is 0 Å². The van der Waals surface area contributed by atoms with Gasteiger partial charge >= 0.3 is 12.3 Å². The van der Waals surface area contributed by atoms with E-state index in [0.29, 0.717) is 0 Å². The topological polar surface area (TPSA) is 55.1 Å². The normalized spacial score (nSPS) is 13.4. The fraction of sp³-hybridized carbons (Fsp3) is 0.417. The number of alkyl halides is 4. The van der Waals surface area contributed by atoms with Gasteiger partial charge in [0.25, 0.3) is 0 Å². The van der Waals surface area contributed by atoms with Crippen LogP contribution in [0, 0.1) is 0 Å². The van der Waals surface area contributed by atoms with Crippen LogP contribution in [-0.4, -0.2) is 30.8 Å². The Labute approximate surface area is 107 Å². The zero-order chi connectivity index (χ0) is 14.5. The number of hydrogen-bond acceptors (Lipinski definition) is 2. The number of hydrogen-bond donors (Lipinski definition) is 2. The molecule has 1 unspecified atom stereocenters. The fourth-order valence-electron chi connectivity index (χ4n) is 1.37. The molecule has 1 atom stereocenters. The molecule has 0 saturated carbocycles. The molecule has 0 radical (unpaired) electrons. The van der Waals surface area contributed by atoms with Crippen LogP contribution in [0.3, 0.4) is 0 Å². The summed E-state index contributed by atoms with van der Waals surface area (Å²) in [6.45, 7) is -1.42. The lowest BCUT2D eigenvalue weighted by Crippen LogP contribution is -2.48. The van der Waals surface area contributed by atoms with Crippen LogP contribution in [0.2, 0.25) is 0 Å². The Morgan fingerprint density at radius 3 is 2.37 bits per heavy atom. The standard InChI is InChI=1S/C12H14F4N2O/c13-11(14)12(15,16)7-18-10(19)9(17)6-8-4-2-1-3-5-8/h1-5,9,11H,6-7,17H2,(H,18,19). The SMILES string of the molecule is NC(Cc1ccccc1)C(=O)NCC(F)(F)C(F)F. The second kappa shape index (κ2) is 6.51. The average Bonchev–Trinajstić information content (AvgIpc) is 2.37. The van der Waals surface area contributed by atoms with Crippen molar-refractivity contribution in [2.75, 3.05) is 6.54 Å². The highest BCUT2D eigenvalue weighted by Crippen LogP contribution is 2.21. The molecule has 1 aromatic carbocycles. The van der Waals surface area contributed by atoms with Gasteiger partial charge in [0.15, 0.2) is 0 Å². The second-order valence-corrected chi connectivity index (χ2v) is 4.08. The molecular formula is C12H14F4N2O. The first-order valence-corrected chi connectivity index (χ1v) is 5.56. The summed E-state index contributed by atoms with van der Waals surface area (Å²) in [4.78, 5) is 11.4. The van der Waals surface area contributed by atoms with Crippen LogP contribution in [0.25, 0.3) is 0 Å². The van der Waals surface area contributed by atoms with Gasteiger partial charge in [0.05, 0.1) is 12.6 Å². The van der Waals surface area contributed by atoms with Crippen molar-refractivity contribution in [3.05, 3.63) is 35.9 Å². The quantitative estimate of drug-likeness (QED) is 0.776. The minimum absolute atomic E-state index is 0.146. The van der Waals surface area contributed by atoms with Crippen molar-refractivity contribution in [2.24, 2.45) is 5.73 Å². The Balaban J connectivity index is 2.46. The molecule has 0 spiro atoms. The molecule has 0 saturated heterocycles. The minimum atomic E-state index is -4.25. The first kappa shape index (κ1) is 15.4. The monoisotopic (exact) mass is 278 g/mol. The average molecular weight is 278 g/mol. The van der Waals surface area contributed by atoms with Crippen LogP contribution in [0.4, 0.5) is 17.6 Å². The number of nitrogens with one attached hydrogen (secondary N) is 1. The molecule has 7 heteroatoms. The summed E-state index contributed by atoms with van der Waals surface area (Å²) in [6.07, 6.45) is -3.68. The summed E-state index contributed by atoms with van der Waals surface area (Å²) in [6, 6.07) is 7.64. The molecule has 1 rings (SSSR count). The van der Waals surface area contributed by atoms with Crippen molar-refractivity contribution < 1.29 is 22.4 Å². The third-order valence-electron chi connectivity index (χ3n) is 2.45. The van der Waals surface area contributed by atoms with Crippen LogP contribution < -0.4 is 11.1 Å². The van der Waals surface area contributed by atoms with Gasteiger partial charge in [-0.05, 0) is 12.0 Å². The first-order chi connectivity index (χ1) is 8.83. The van der Waals surface area contributed by atoms with Gasteiger partial charge in [-0.15, -0.1) is 0 Å². The number of benzene rings is 1. The highest BCUT2D eigenvalue weighted by atomic mass is 19.3. The van der Waals surface area contributed by atoms with E-state index in [1.807, 2.05) is 0 Å². The second-order valence-electron chi connectivity index (χ2n) is 4.08. The fourth-order valence-corrected chi connectivity index (χ4v) is 1.37. The Morgan fingerprint density at radius 1 is 1.26 bits per heavy atom. The lowest BCUT2D eigenvalue weighted by Gasteiger charge is -2.18. The molecule has 19 heavy (non-hydrogen) atoms. The van der Waals surface area contributed by atoms with Crippen molar-refractivity contribution in [3.63, 3.8) is 0 Å². The molecule has 1 aromatic rings. The maximum Gasteiger partial charge on any atom is 0.324 e. The largest absolute Gasteiger partial charge is 0.348 e. The molecule has 0 aliphatic carbocycles. The van der Waals surface area contributed by atoms with Crippen LogP contribution in [0.1, 0.15) is 5.56 Å². The molecule has 3 N–H and O–H groups in total. The number of rotatable bonds is 6. The highest BCUT2D eigenvalue weighted by Gasteiger charge is 2.41. The predicted octanol–water partition coefficient (Wildman–Crippen LogP) is 1.57. The first-order valence-electron chi connectivity index (χ1n) is 5.56. The van der Waals surface area contributed by atoms with E-state index in [9.17, 15) is 22.4 Å². The molecule has 0 aliphatic heterocycles. The van der Waals surface area contributed by atoms with E-state index < -0.39 is 30.8 Å². The highest BCUT2D eigenvalue weighted by molar-refractivity contribution is 5.81. The zero-order valence-electron chi connectivity index (χ0n) is 9.95. The van der Waals surface area contributed by atoms with Crippen molar-refractivity contribution in [1.82, 2.24) is 5.32 Å². The number of carbonyl (C=O) groups is 1. The van der Waals surface area contributed by atoms with Gasteiger partial charge in [-0.2, -0.15) is 8.78 Å². The lowest BCUT2D eigenvalue weighted by atomic mass is 10.1. The van der Waals surface area contributed by atoms with E-state index in [2.05, 4.69) is 0 Å². The minimum Gasteiger partial charge on any atom is -0.348 e. The van der Waals surface area contributed by atoms with Gasteiger partial charge in [0.1, 0.15) is 0 Å². The zero-order valence-corrected chi connectivity index (χ0v) is 9.95. The van der Waals surface area contributed by atoms with E-state index in [0.717, 1.165) is 5.56 Å². The Kier molecular flexibility index (Phi) is 5.29. The lowest BCUT2D eigenvalue weighted by molar-refractivity contribution is -0.137. The molecule has 3 nitrogen and oxygen atoms in total. The summed E-state index contributed by atoms with van der Waals surface area (Å²) in [5.74, 6) is -5.13. The van der Waals surface area contributed by atoms with Crippen molar-refractivity contribution >= 4 is 5.91 Å². The van der Waals surface area contributed by atoms with E-state index >= 15 is 0 Å². The maximum atomic E-state index is 12.6. The number of amides is 1. The summed E-state index contributed by atoms with van der Waals surface area (Å²) >= 11 is 0. The number of halogens is 4. The molecule has 0 aliphatic rings. The molecule has 1 amide bonds. The van der Waals surface area contributed by atoms with Gasteiger partial charge < -0.3 is 11.1 Å². The molecule has 106 valence electrons. The van der Waals surface area contributed by atoms with Crippen LogP contribution in [-0.2, 0) is 11.2 Å².